The monoisotopic (exact) mass is 1120 g/mol. The number of hydrogen-bond donors (Lipinski definition) is 6. The molecule has 1 fully saturated rings. The van der Waals surface area contributed by atoms with Gasteiger partial charge >= 0.3 is 19.8 Å². The molecule has 14 heteroatoms. The van der Waals surface area contributed by atoms with Crippen molar-refractivity contribution in [3.8, 4) is 0 Å². The molecule has 8 atom stereocenters. The van der Waals surface area contributed by atoms with Crippen molar-refractivity contribution in [1.82, 2.24) is 0 Å². The first-order chi connectivity index (χ1) is 37.4. The number of carbonyl (C=O) groups excluding carboxylic acids is 2. The van der Waals surface area contributed by atoms with Crippen molar-refractivity contribution in [2.75, 3.05) is 13.2 Å². The zero-order valence-electron chi connectivity index (χ0n) is 49.8. The predicted molar refractivity (Wildman–Crippen MR) is 314 cm³/mol. The summed E-state index contributed by atoms with van der Waals surface area (Å²) in [6, 6.07) is 0. The fraction of sp³-hybridized carbons (Fsp3) is 0.968. The molecule has 77 heavy (non-hydrogen) atoms. The van der Waals surface area contributed by atoms with Crippen LogP contribution in [0.5, 0.6) is 0 Å². The predicted octanol–water partition coefficient (Wildman–Crippen LogP) is 16.3. The van der Waals surface area contributed by atoms with E-state index in [9.17, 15) is 44.6 Å². The van der Waals surface area contributed by atoms with Crippen LogP contribution in [0.3, 0.4) is 0 Å². The van der Waals surface area contributed by atoms with Crippen molar-refractivity contribution in [2.24, 2.45) is 0 Å². The Hall–Kier alpha value is -1.15. The van der Waals surface area contributed by atoms with Gasteiger partial charge in [-0.25, -0.2) is 4.57 Å². The van der Waals surface area contributed by atoms with E-state index in [4.69, 9.17) is 18.5 Å². The molecule has 0 aromatic carbocycles. The summed E-state index contributed by atoms with van der Waals surface area (Å²) in [5.74, 6) is -1.07. The first-order valence-corrected chi connectivity index (χ1v) is 34.3. The van der Waals surface area contributed by atoms with Crippen LogP contribution < -0.4 is 0 Å². The van der Waals surface area contributed by atoms with Gasteiger partial charge in [0.05, 0.1) is 6.61 Å². The van der Waals surface area contributed by atoms with Gasteiger partial charge in [0.1, 0.15) is 43.2 Å². The summed E-state index contributed by atoms with van der Waals surface area (Å²) in [6.45, 7) is 3.40. The van der Waals surface area contributed by atoms with Gasteiger partial charge in [-0.1, -0.05) is 309 Å². The molecule has 6 unspecified atom stereocenters. The summed E-state index contributed by atoms with van der Waals surface area (Å²) in [5, 5.41) is 50.5. The lowest BCUT2D eigenvalue weighted by atomic mass is 9.85. The Balaban J connectivity index is 2.24. The van der Waals surface area contributed by atoms with E-state index in [1.165, 1.54) is 257 Å². The molecule has 1 rings (SSSR count). The van der Waals surface area contributed by atoms with Crippen molar-refractivity contribution in [3.05, 3.63) is 0 Å². The number of phosphoric acid groups is 1. The highest BCUT2D eigenvalue weighted by Crippen LogP contribution is 2.47. The molecule has 0 amide bonds. The lowest BCUT2D eigenvalue weighted by molar-refractivity contribution is -0.220. The van der Waals surface area contributed by atoms with Crippen LogP contribution in [0.1, 0.15) is 335 Å². The first-order valence-electron chi connectivity index (χ1n) is 32.8. The normalized spacial score (nSPS) is 19.8. The smallest absolute Gasteiger partial charge is 0.462 e. The van der Waals surface area contributed by atoms with Crippen LogP contribution in [-0.2, 0) is 32.7 Å². The molecule has 0 spiro atoms. The van der Waals surface area contributed by atoms with Gasteiger partial charge in [0.25, 0.3) is 0 Å². The first kappa shape index (κ1) is 73.9. The van der Waals surface area contributed by atoms with Gasteiger partial charge < -0.3 is 39.9 Å². The Morgan fingerprint density at radius 1 is 0.351 bits per heavy atom. The van der Waals surface area contributed by atoms with Gasteiger partial charge in [-0.3, -0.25) is 18.6 Å². The highest BCUT2D eigenvalue weighted by atomic mass is 31.2. The van der Waals surface area contributed by atoms with E-state index >= 15 is 0 Å². The maximum Gasteiger partial charge on any atom is 0.472 e. The van der Waals surface area contributed by atoms with E-state index in [2.05, 4.69) is 13.8 Å². The zero-order chi connectivity index (χ0) is 56.3. The fourth-order valence-corrected chi connectivity index (χ4v) is 11.7. The number of phosphoric ester groups is 1. The van der Waals surface area contributed by atoms with Gasteiger partial charge in [-0.2, -0.15) is 0 Å². The molecule has 0 heterocycles. The molecule has 0 radical (unpaired) electrons. The minimum absolute atomic E-state index is 0.106. The van der Waals surface area contributed by atoms with E-state index in [1.54, 1.807) is 0 Å². The van der Waals surface area contributed by atoms with Crippen LogP contribution in [0.2, 0.25) is 0 Å². The zero-order valence-corrected chi connectivity index (χ0v) is 50.7. The second kappa shape index (κ2) is 52.9. The number of hydrogen-bond acceptors (Lipinski definition) is 12. The number of ether oxygens (including phenoxy) is 2. The third kappa shape index (κ3) is 44.2. The minimum atomic E-state index is -5.12. The van der Waals surface area contributed by atoms with Crippen molar-refractivity contribution >= 4 is 19.8 Å². The minimum Gasteiger partial charge on any atom is -0.462 e. The number of esters is 2. The molecular formula is C63H123O13P. The number of carbonyl (C=O) groups is 2. The molecule has 0 aromatic heterocycles. The number of unbranched alkanes of at least 4 members (excludes halogenated alkanes) is 46. The Bertz CT molecular complexity index is 1340. The van der Waals surface area contributed by atoms with E-state index in [-0.39, 0.29) is 12.8 Å². The summed E-state index contributed by atoms with van der Waals surface area (Å²) >= 11 is 0. The summed E-state index contributed by atoms with van der Waals surface area (Å²) in [4.78, 5) is 36.1. The van der Waals surface area contributed by atoms with Crippen LogP contribution in [0.4, 0.5) is 0 Å². The average molecular weight is 1120 g/mol. The van der Waals surface area contributed by atoms with Crippen molar-refractivity contribution in [2.45, 2.75) is 378 Å². The highest BCUT2D eigenvalue weighted by Gasteiger charge is 2.51. The van der Waals surface area contributed by atoms with Crippen molar-refractivity contribution in [1.29, 1.82) is 0 Å². The average Bonchev–Trinajstić information content (AvgIpc) is 3.41. The van der Waals surface area contributed by atoms with Crippen LogP contribution >= 0.6 is 7.82 Å². The Kier molecular flexibility index (Phi) is 50.7. The third-order valence-corrected chi connectivity index (χ3v) is 16.9. The summed E-state index contributed by atoms with van der Waals surface area (Å²) < 4.78 is 33.9. The van der Waals surface area contributed by atoms with E-state index in [0.29, 0.717) is 12.8 Å². The van der Waals surface area contributed by atoms with Crippen LogP contribution in [0.15, 0.2) is 0 Å². The molecule has 1 aliphatic carbocycles. The van der Waals surface area contributed by atoms with Crippen LogP contribution in [-0.4, -0.2) is 98.3 Å². The highest BCUT2D eigenvalue weighted by molar-refractivity contribution is 7.47. The lowest BCUT2D eigenvalue weighted by Gasteiger charge is -2.41. The second-order valence-electron chi connectivity index (χ2n) is 23.3. The summed E-state index contributed by atoms with van der Waals surface area (Å²) in [6.07, 6.45) is 48.8. The lowest BCUT2D eigenvalue weighted by Crippen LogP contribution is -2.64. The van der Waals surface area contributed by atoms with Gasteiger partial charge in [-0.15, -0.1) is 0 Å². The standard InChI is InChI=1S/C63H123O13P/c1-3-5-7-9-11-13-15-17-19-21-23-25-27-29-31-33-35-37-39-41-43-45-47-49-51-56(64)73-53-55(54-74-77(71,72)76-63-61(69)59(67)58(66)60(68)62(63)70)75-57(65)52-50-48-46-44-42-40-38-36-34-32-30-28-26-24-22-20-18-16-14-12-10-8-6-4-2/h55,58-63,66-70H,3-54H2,1-2H3,(H,71,72)/t55-,58?,59-,60?,61?,62?,63?/m1/s1. The molecular weight excluding hydrogens is 996 g/mol. The molecule has 0 bridgehead atoms. The topological polar surface area (TPSA) is 210 Å². The number of rotatable bonds is 58. The van der Waals surface area contributed by atoms with Crippen LogP contribution in [0.25, 0.3) is 0 Å². The number of aliphatic hydroxyl groups is 5. The maximum absolute atomic E-state index is 12.9. The van der Waals surface area contributed by atoms with Gasteiger partial charge in [0.15, 0.2) is 6.10 Å². The largest absolute Gasteiger partial charge is 0.472 e. The van der Waals surface area contributed by atoms with Crippen molar-refractivity contribution in [3.63, 3.8) is 0 Å². The van der Waals surface area contributed by atoms with Gasteiger partial charge in [-0.05, 0) is 12.8 Å². The molecule has 0 saturated heterocycles. The molecule has 6 N–H and O–H groups in total. The molecule has 458 valence electrons. The molecule has 0 aliphatic heterocycles. The van der Waals surface area contributed by atoms with E-state index < -0.39 is 75.7 Å². The molecule has 0 aromatic rings. The third-order valence-electron chi connectivity index (χ3n) is 15.9. The molecule has 1 aliphatic rings. The van der Waals surface area contributed by atoms with E-state index in [1.807, 2.05) is 0 Å². The Morgan fingerprint density at radius 2 is 0.584 bits per heavy atom. The van der Waals surface area contributed by atoms with Gasteiger partial charge in [0, 0.05) is 12.8 Å². The van der Waals surface area contributed by atoms with Gasteiger partial charge in [0.2, 0.25) is 0 Å². The Labute approximate surface area is 471 Å². The molecule has 13 nitrogen and oxygen atoms in total. The quantitative estimate of drug-likeness (QED) is 0.0190. The summed E-state index contributed by atoms with van der Waals surface area (Å²) in [7, 11) is -5.12. The fourth-order valence-electron chi connectivity index (χ4n) is 10.8. The molecule has 1 saturated carbocycles. The van der Waals surface area contributed by atoms with Crippen LogP contribution in [0, 0.1) is 0 Å². The van der Waals surface area contributed by atoms with E-state index in [0.717, 1.165) is 38.5 Å². The maximum atomic E-state index is 12.9. The number of aliphatic hydroxyl groups excluding tert-OH is 5. The Morgan fingerprint density at radius 3 is 0.857 bits per heavy atom. The van der Waals surface area contributed by atoms with Crippen molar-refractivity contribution < 1.29 is 63.1 Å². The second-order valence-corrected chi connectivity index (χ2v) is 24.8. The summed E-state index contributed by atoms with van der Waals surface area (Å²) in [5.41, 5.74) is 0. The SMILES string of the molecule is CCCCCCCCCCCCCCCCCCCCCCCCCCC(=O)OC[C@H](COP(=O)(O)OC1C(O)C(O)C(O)[C@@H](O)C1O)OC(=O)CCCCCCCCCCCCCCCCCCCCCCCCCC.